The lowest BCUT2D eigenvalue weighted by Gasteiger charge is -2.00. The smallest absolute Gasteiger partial charge is 0.322 e. The van der Waals surface area contributed by atoms with Crippen molar-refractivity contribution in [2.24, 2.45) is 0 Å². The van der Waals surface area contributed by atoms with Gasteiger partial charge in [-0.2, -0.15) is 13.8 Å². The molecule has 1 aromatic rings. The molecule has 0 spiro atoms. The second-order valence-corrected chi connectivity index (χ2v) is 2.04. The SMILES string of the molecule is Cc1noc(C(C)(F)F)n1. The van der Waals surface area contributed by atoms with E-state index in [4.69, 9.17) is 0 Å². The van der Waals surface area contributed by atoms with Crippen molar-refractivity contribution in [2.75, 3.05) is 0 Å². The monoisotopic (exact) mass is 148 g/mol. The highest BCUT2D eigenvalue weighted by molar-refractivity contribution is 4.89. The maximum atomic E-state index is 12.3. The van der Waals surface area contributed by atoms with Gasteiger partial charge in [-0.15, -0.1) is 0 Å². The standard InChI is InChI=1S/C5H6F2N2O/c1-3-8-4(10-9-3)5(2,6)7/h1-2H3. The first-order valence-corrected chi connectivity index (χ1v) is 2.69. The van der Waals surface area contributed by atoms with E-state index in [9.17, 15) is 8.78 Å². The van der Waals surface area contributed by atoms with Gasteiger partial charge in [0.05, 0.1) is 0 Å². The Morgan fingerprint density at radius 1 is 1.50 bits per heavy atom. The summed E-state index contributed by atoms with van der Waals surface area (Å²) in [5.74, 6) is -3.44. The van der Waals surface area contributed by atoms with Gasteiger partial charge >= 0.3 is 5.92 Å². The van der Waals surface area contributed by atoms with Crippen molar-refractivity contribution in [1.82, 2.24) is 10.1 Å². The zero-order valence-corrected chi connectivity index (χ0v) is 5.56. The summed E-state index contributed by atoms with van der Waals surface area (Å²) in [6, 6.07) is 0. The van der Waals surface area contributed by atoms with Crippen LogP contribution >= 0.6 is 0 Å². The third-order valence-corrected chi connectivity index (χ3v) is 0.903. The van der Waals surface area contributed by atoms with Crippen LogP contribution in [-0.2, 0) is 5.92 Å². The summed E-state index contributed by atoms with van der Waals surface area (Å²) in [4.78, 5) is 3.35. The zero-order valence-electron chi connectivity index (χ0n) is 5.56. The molecular weight excluding hydrogens is 142 g/mol. The van der Waals surface area contributed by atoms with Gasteiger partial charge < -0.3 is 4.52 Å². The third-order valence-electron chi connectivity index (χ3n) is 0.903. The Labute approximate surface area is 56.0 Å². The van der Waals surface area contributed by atoms with Crippen molar-refractivity contribution in [3.05, 3.63) is 11.7 Å². The van der Waals surface area contributed by atoms with E-state index < -0.39 is 11.8 Å². The Hall–Kier alpha value is -1.00. The first-order chi connectivity index (χ1) is 4.50. The lowest BCUT2D eigenvalue weighted by atomic mass is 10.4. The molecular formula is C5H6F2N2O. The van der Waals surface area contributed by atoms with Crippen LogP contribution in [0.1, 0.15) is 18.6 Å². The highest BCUT2D eigenvalue weighted by Crippen LogP contribution is 2.24. The third kappa shape index (κ3) is 1.29. The summed E-state index contributed by atoms with van der Waals surface area (Å²) in [5.41, 5.74) is 0. The Balaban J connectivity index is 2.96. The lowest BCUT2D eigenvalue weighted by molar-refractivity contribution is -0.0158. The van der Waals surface area contributed by atoms with Crippen LogP contribution < -0.4 is 0 Å². The largest absolute Gasteiger partial charge is 0.333 e. The van der Waals surface area contributed by atoms with Crippen molar-refractivity contribution in [1.29, 1.82) is 0 Å². The summed E-state index contributed by atoms with van der Waals surface area (Å²) in [6.45, 7) is 2.19. The minimum atomic E-state index is -3.03. The molecule has 5 heteroatoms. The van der Waals surface area contributed by atoms with Gasteiger partial charge in [0, 0.05) is 6.92 Å². The Morgan fingerprint density at radius 2 is 2.10 bits per heavy atom. The van der Waals surface area contributed by atoms with E-state index in [1.165, 1.54) is 6.92 Å². The second-order valence-electron chi connectivity index (χ2n) is 2.04. The molecule has 56 valence electrons. The number of rotatable bonds is 1. The van der Waals surface area contributed by atoms with E-state index in [0.29, 0.717) is 6.92 Å². The molecule has 0 radical (unpaired) electrons. The molecule has 3 nitrogen and oxygen atoms in total. The van der Waals surface area contributed by atoms with Gasteiger partial charge in [0.25, 0.3) is 5.89 Å². The highest BCUT2D eigenvalue weighted by Gasteiger charge is 2.31. The number of halogens is 2. The van der Waals surface area contributed by atoms with Crippen LogP contribution in [0, 0.1) is 6.92 Å². The fraction of sp³-hybridized carbons (Fsp3) is 0.600. The predicted molar refractivity (Wildman–Crippen MR) is 28.6 cm³/mol. The average Bonchev–Trinajstić information content (AvgIpc) is 2.11. The van der Waals surface area contributed by atoms with Crippen molar-refractivity contribution in [3.63, 3.8) is 0 Å². The fourth-order valence-corrected chi connectivity index (χ4v) is 0.475. The van der Waals surface area contributed by atoms with Crippen LogP contribution in [0.5, 0.6) is 0 Å². The molecule has 0 N–H and O–H groups in total. The minimum absolute atomic E-state index is 0.219. The van der Waals surface area contributed by atoms with Gasteiger partial charge in [0.15, 0.2) is 5.82 Å². The van der Waals surface area contributed by atoms with Gasteiger partial charge in [0.2, 0.25) is 0 Å². The molecule has 0 aliphatic heterocycles. The topological polar surface area (TPSA) is 38.9 Å². The predicted octanol–water partition coefficient (Wildman–Crippen LogP) is 1.49. The number of nitrogens with zero attached hydrogens (tertiary/aromatic N) is 2. The highest BCUT2D eigenvalue weighted by atomic mass is 19.3. The number of aryl methyl sites for hydroxylation is 1. The first-order valence-electron chi connectivity index (χ1n) is 2.69. The minimum Gasteiger partial charge on any atom is -0.333 e. The lowest BCUT2D eigenvalue weighted by Crippen LogP contribution is -2.06. The van der Waals surface area contributed by atoms with Gasteiger partial charge in [-0.05, 0) is 6.92 Å². The van der Waals surface area contributed by atoms with Crippen LogP contribution in [0.25, 0.3) is 0 Å². The first kappa shape index (κ1) is 7.11. The van der Waals surface area contributed by atoms with Gasteiger partial charge in [0.1, 0.15) is 0 Å². The molecule has 0 unspecified atom stereocenters. The molecule has 0 aliphatic carbocycles. The maximum Gasteiger partial charge on any atom is 0.322 e. The molecule has 1 aromatic heterocycles. The number of hydrogen-bond acceptors (Lipinski definition) is 3. The number of alkyl halides is 2. The number of hydrogen-bond donors (Lipinski definition) is 0. The Morgan fingerprint density at radius 3 is 2.30 bits per heavy atom. The summed E-state index contributed by atoms with van der Waals surface area (Å²) < 4.78 is 28.8. The normalized spacial score (nSPS) is 12.0. The van der Waals surface area contributed by atoms with Crippen molar-refractivity contribution in [2.45, 2.75) is 19.8 Å². The van der Waals surface area contributed by atoms with E-state index in [2.05, 4.69) is 14.7 Å². The van der Waals surface area contributed by atoms with Crippen LogP contribution in [0.3, 0.4) is 0 Å². The molecule has 0 fully saturated rings. The number of aromatic nitrogens is 2. The molecule has 0 bridgehead atoms. The molecule has 1 heterocycles. The summed E-state index contributed by atoms with van der Waals surface area (Å²) in [6.07, 6.45) is 0. The molecule has 10 heavy (non-hydrogen) atoms. The Bertz CT molecular complexity index is 228. The van der Waals surface area contributed by atoms with Gasteiger partial charge in [-0.3, -0.25) is 0 Å². The van der Waals surface area contributed by atoms with Gasteiger partial charge in [-0.25, -0.2) is 0 Å². The molecule has 1 rings (SSSR count). The van der Waals surface area contributed by atoms with E-state index in [0.717, 1.165) is 0 Å². The molecule has 0 saturated carbocycles. The summed E-state index contributed by atoms with van der Waals surface area (Å²) in [7, 11) is 0. The van der Waals surface area contributed by atoms with E-state index in [-0.39, 0.29) is 5.82 Å². The molecule has 0 saturated heterocycles. The molecule has 0 amide bonds. The van der Waals surface area contributed by atoms with Crippen molar-refractivity contribution in [3.8, 4) is 0 Å². The van der Waals surface area contributed by atoms with Crippen molar-refractivity contribution < 1.29 is 13.3 Å². The maximum absolute atomic E-state index is 12.3. The van der Waals surface area contributed by atoms with Crippen molar-refractivity contribution >= 4 is 0 Å². The second kappa shape index (κ2) is 2.00. The van der Waals surface area contributed by atoms with Crippen LogP contribution in [0.15, 0.2) is 4.52 Å². The van der Waals surface area contributed by atoms with Crippen LogP contribution in [0.4, 0.5) is 8.78 Å². The quantitative estimate of drug-likeness (QED) is 0.605. The summed E-state index contributed by atoms with van der Waals surface area (Å²) >= 11 is 0. The van der Waals surface area contributed by atoms with Crippen LogP contribution in [0.2, 0.25) is 0 Å². The molecule has 0 aromatic carbocycles. The van der Waals surface area contributed by atoms with Crippen LogP contribution in [-0.4, -0.2) is 10.1 Å². The van der Waals surface area contributed by atoms with E-state index in [1.54, 1.807) is 0 Å². The molecule has 0 aliphatic rings. The van der Waals surface area contributed by atoms with E-state index >= 15 is 0 Å². The Kier molecular flexibility index (Phi) is 1.42. The van der Waals surface area contributed by atoms with Gasteiger partial charge in [-0.1, -0.05) is 5.16 Å². The molecule has 0 atom stereocenters. The fourth-order valence-electron chi connectivity index (χ4n) is 0.475. The van der Waals surface area contributed by atoms with E-state index in [1.807, 2.05) is 0 Å². The average molecular weight is 148 g/mol. The summed E-state index contributed by atoms with van der Waals surface area (Å²) in [5, 5.41) is 3.22. The zero-order chi connectivity index (χ0) is 7.78.